The van der Waals surface area contributed by atoms with E-state index in [0.29, 0.717) is 6.42 Å². The molecule has 1 atom stereocenters. The second-order valence-corrected chi connectivity index (χ2v) is 7.99. The molecular formula is C15H22N5OP. The Labute approximate surface area is 132 Å². The van der Waals surface area contributed by atoms with Crippen molar-refractivity contribution in [1.82, 2.24) is 19.9 Å². The third-order valence-corrected chi connectivity index (χ3v) is 4.94. The van der Waals surface area contributed by atoms with Crippen molar-refractivity contribution in [2.24, 2.45) is 5.41 Å². The molecule has 0 radical (unpaired) electrons. The Hall–Kier alpha value is -1.70. The van der Waals surface area contributed by atoms with E-state index in [1.165, 1.54) is 0 Å². The summed E-state index contributed by atoms with van der Waals surface area (Å²) >= 11 is 0. The average molecular weight is 319 g/mol. The van der Waals surface area contributed by atoms with Crippen LogP contribution < -0.4 is 11.1 Å². The summed E-state index contributed by atoms with van der Waals surface area (Å²) in [5.74, 6) is 0. The van der Waals surface area contributed by atoms with E-state index in [9.17, 15) is 0 Å². The van der Waals surface area contributed by atoms with Crippen molar-refractivity contribution in [3.05, 3.63) is 23.8 Å². The van der Waals surface area contributed by atoms with Crippen molar-refractivity contribution in [3.63, 3.8) is 0 Å². The van der Waals surface area contributed by atoms with Gasteiger partial charge in [0, 0.05) is 12.4 Å². The molecule has 0 aromatic carbocycles. The smallest absolute Gasteiger partial charge is 0.167 e. The van der Waals surface area contributed by atoms with Crippen LogP contribution in [0.2, 0.25) is 0 Å². The van der Waals surface area contributed by atoms with E-state index in [1.807, 2.05) is 26.2 Å². The minimum atomic E-state index is -1.21. The summed E-state index contributed by atoms with van der Waals surface area (Å²) in [6.07, 6.45) is 3.83. The zero-order chi connectivity index (χ0) is 16.3. The standard InChI is InChI=1S/C15H22N5OP/c1-10-8-17-13(19-10)22(14-18-9-11(2)20-14)21-12(6-7-16)15(3,4)5/h8-9,12H,6H2,1-5H3,(H,17,19)(H,18,20). The molecule has 0 saturated carbocycles. The predicted octanol–water partition coefficient (Wildman–Crippen LogP) is 2.44. The lowest BCUT2D eigenvalue weighted by Crippen LogP contribution is -2.32. The summed E-state index contributed by atoms with van der Waals surface area (Å²) in [6.45, 7) is 10.1. The summed E-state index contributed by atoms with van der Waals surface area (Å²) in [5, 5.41) is 9.09. The van der Waals surface area contributed by atoms with Gasteiger partial charge in [0.05, 0.1) is 30.0 Å². The van der Waals surface area contributed by atoms with Gasteiger partial charge in [0.1, 0.15) is 0 Å². The SMILES string of the molecule is Cc1c[nH]c(P(OC(CC#N)C(C)(C)C)c2nc(C)c[nH]2)n1. The zero-order valence-electron chi connectivity index (χ0n) is 13.6. The first-order valence-electron chi connectivity index (χ1n) is 7.19. The number of H-pyrrole nitrogens is 2. The Bertz CT molecular complexity index is 624. The van der Waals surface area contributed by atoms with E-state index >= 15 is 0 Å². The Kier molecular flexibility index (Phi) is 5.00. The van der Waals surface area contributed by atoms with Crippen molar-refractivity contribution in [2.45, 2.75) is 47.1 Å². The number of aryl methyl sites for hydroxylation is 2. The second-order valence-electron chi connectivity index (χ2n) is 6.35. The maximum atomic E-state index is 9.09. The highest BCUT2D eigenvalue weighted by Gasteiger charge is 2.32. The van der Waals surface area contributed by atoms with Crippen LogP contribution in [-0.2, 0) is 4.52 Å². The van der Waals surface area contributed by atoms with Crippen LogP contribution >= 0.6 is 8.15 Å². The van der Waals surface area contributed by atoms with Gasteiger partial charge < -0.3 is 14.5 Å². The molecule has 118 valence electrons. The Morgan fingerprint density at radius 3 is 2.00 bits per heavy atom. The third kappa shape index (κ3) is 3.94. The molecule has 2 rings (SSSR count). The predicted molar refractivity (Wildman–Crippen MR) is 87.4 cm³/mol. The van der Waals surface area contributed by atoms with Gasteiger partial charge in [0.2, 0.25) is 0 Å². The summed E-state index contributed by atoms with van der Waals surface area (Å²) < 4.78 is 6.31. The lowest BCUT2D eigenvalue weighted by Gasteiger charge is -2.31. The van der Waals surface area contributed by atoms with Crippen LogP contribution in [0, 0.1) is 30.6 Å². The van der Waals surface area contributed by atoms with Crippen molar-refractivity contribution in [1.29, 1.82) is 5.26 Å². The molecule has 0 fully saturated rings. The van der Waals surface area contributed by atoms with E-state index < -0.39 is 8.15 Å². The molecule has 0 aliphatic carbocycles. The molecule has 2 N–H and O–H groups in total. The summed E-state index contributed by atoms with van der Waals surface area (Å²) in [5.41, 5.74) is 3.19. The molecule has 22 heavy (non-hydrogen) atoms. The first-order chi connectivity index (χ1) is 10.3. The van der Waals surface area contributed by atoms with Crippen molar-refractivity contribution in [3.8, 4) is 6.07 Å². The Morgan fingerprint density at radius 2 is 1.68 bits per heavy atom. The van der Waals surface area contributed by atoms with Gasteiger partial charge in [-0.15, -0.1) is 0 Å². The van der Waals surface area contributed by atoms with E-state index in [0.717, 1.165) is 22.5 Å². The molecule has 2 aromatic heterocycles. The van der Waals surface area contributed by atoms with Gasteiger partial charge in [-0.05, 0) is 19.3 Å². The summed E-state index contributed by atoms with van der Waals surface area (Å²) in [6, 6.07) is 2.22. The van der Waals surface area contributed by atoms with Crippen molar-refractivity contribution in [2.75, 3.05) is 0 Å². The lowest BCUT2D eigenvalue weighted by atomic mass is 9.88. The molecule has 0 saturated heterocycles. The fourth-order valence-electron chi connectivity index (χ4n) is 1.92. The first kappa shape index (κ1) is 16.7. The van der Waals surface area contributed by atoms with E-state index in [2.05, 4.69) is 46.8 Å². The van der Waals surface area contributed by atoms with Crippen molar-refractivity contribution < 1.29 is 4.52 Å². The van der Waals surface area contributed by atoms with Gasteiger partial charge in [-0.1, -0.05) is 20.8 Å². The number of nitrogens with zero attached hydrogens (tertiary/aromatic N) is 3. The fourth-order valence-corrected chi connectivity index (χ4v) is 3.83. The number of rotatable bonds is 5. The van der Waals surface area contributed by atoms with Crippen LogP contribution in [0.5, 0.6) is 0 Å². The van der Waals surface area contributed by atoms with E-state index in [-0.39, 0.29) is 11.5 Å². The molecule has 7 heteroatoms. The number of imidazole rings is 2. The zero-order valence-corrected chi connectivity index (χ0v) is 14.5. The van der Waals surface area contributed by atoms with Crippen LogP contribution in [0.15, 0.2) is 12.4 Å². The maximum absolute atomic E-state index is 9.09. The molecule has 0 aliphatic rings. The van der Waals surface area contributed by atoms with E-state index in [1.54, 1.807) is 0 Å². The average Bonchev–Trinajstić information content (AvgIpc) is 3.02. The quantitative estimate of drug-likeness (QED) is 0.828. The number of hydrogen-bond acceptors (Lipinski definition) is 4. The fraction of sp³-hybridized carbons (Fsp3) is 0.533. The second kappa shape index (κ2) is 6.60. The number of aromatic amines is 2. The largest absolute Gasteiger partial charge is 0.342 e. The van der Waals surface area contributed by atoms with Crippen LogP contribution in [0.4, 0.5) is 0 Å². The Morgan fingerprint density at radius 1 is 1.18 bits per heavy atom. The normalized spacial score (nSPS) is 13.3. The van der Waals surface area contributed by atoms with Crippen molar-refractivity contribution >= 4 is 19.3 Å². The Balaban J connectivity index is 2.34. The number of aromatic nitrogens is 4. The number of nitriles is 1. The molecule has 1 unspecified atom stereocenters. The maximum Gasteiger partial charge on any atom is 0.167 e. The van der Waals surface area contributed by atoms with Crippen LogP contribution in [0.1, 0.15) is 38.6 Å². The van der Waals surface area contributed by atoms with Crippen LogP contribution in [0.3, 0.4) is 0 Å². The monoisotopic (exact) mass is 319 g/mol. The molecule has 2 heterocycles. The molecule has 0 spiro atoms. The topological polar surface area (TPSA) is 90.4 Å². The van der Waals surface area contributed by atoms with Crippen LogP contribution in [-0.4, -0.2) is 26.0 Å². The third-order valence-electron chi connectivity index (χ3n) is 3.24. The highest BCUT2D eigenvalue weighted by Crippen LogP contribution is 2.39. The minimum absolute atomic E-state index is 0.139. The van der Waals surface area contributed by atoms with Gasteiger partial charge in [-0.2, -0.15) is 5.26 Å². The molecule has 0 aliphatic heterocycles. The lowest BCUT2D eigenvalue weighted by molar-refractivity contribution is 0.107. The van der Waals surface area contributed by atoms with Gasteiger partial charge >= 0.3 is 0 Å². The summed E-state index contributed by atoms with van der Waals surface area (Å²) in [7, 11) is -1.21. The van der Waals surface area contributed by atoms with Crippen LogP contribution in [0.25, 0.3) is 0 Å². The highest BCUT2D eigenvalue weighted by molar-refractivity contribution is 7.67. The summed E-state index contributed by atoms with van der Waals surface area (Å²) in [4.78, 5) is 15.3. The molecular weight excluding hydrogens is 297 g/mol. The van der Waals surface area contributed by atoms with Gasteiger partial charge in [0.15, 0.2) is 19.3 Å². The molecule has 0 bridgehead atoms. The minimum Gasteiger partial charge on any atom is -0.342 e. The van der Waals surface area contributed by atoms with Gasteiger partial charge in [0.25, 0.3) is 0 Å². The number of nitrogens with one attached hydrogen (secondary N) is 2. The first-order valence-corrected chi connectivity index (χ1v) is 8.45. The molecule has 6 nitrogen and oxygen atoms in total. The van der Waals surface area contributed by atoms with Gasteiger partial charge in [-0.25, -0.2) is 9.97 Å². The molecule has 2 aromatic rings. The number of hydrogen-bond donors (Lipinski definition) is 2. The highest BCUT2D eigenvalue weighted by atomic mass is 31.1. The van der Waals surface area contributed by atoms with E-state index in [4.69, 9.17) is 9.79 Å². The molecule has 0 amide bonds. The van der Waals surface area contributed by atoms with Gasteiger partial charge in [-0.3, -0.25) is 0 Å².